The lowest BCUT2D eigenvalue weighted by Crippen LogP contribution is -2.24. The first kappa shape index (κ1) is 15.2. The van der Waals surface area contributed by atoms with Crippen molar-refractivity contribution < 1.29 is 4.74 Å². The summed E-state index contributed by atoms with van der Waals surface area (Å²) in [4.78, 5) is 4.42. The van der Waals surface area contributed by atoms with Gasteiger partial charge in [-0.05, 0) is 39.0 Å². The van der Waals surface area contributed by atoms with Crippen molar-refractivity contribution in [2.75, 3.05) is 17.6 Å². The van der Waals surface area contributed by atoms with Gasteiger partial charge in [0, 0.05) is 31.9 Å². The molecule has 0 spiro atoms. The van der Waals surface area contributed by atoms with E-state index in [0.717, 1.165) is 18.8 Å². The van der Waals surface area contributed by atoms with Crippen molar-refractivity contribution >= 4 is 11.5 Å². The third-order valence-electron chi connectivity index (χ3n) is 2.90. The highest BCUT2D eigenvalue weighted by Gasteiger charge is 2.15. The molecule has 2 aromatic rings. The zero-order valence-electron chi connectivity index (χ0n) is 13.1. The van der Waals surface area contributed by atoms with E-state index >= 15 is 0 Å². The predicted molar refractivity (Wildman–Crippen MR) is 84.4 cm³/mol. The molecule has 6 nitrogen and oxygen atoms in total. The maximum Gasteiger partial charge on any atom is 0.239 e. The topological polar surface area (TPSA) is 78.0 Å². The van der Waals surface area contributed by atoms with Gasteiger partial charge in [0.05, 0.1) is 5.69 Å². The Morgan fingerprint density at radius 3 is 2.67 bits per heavy atom. The van der Waals surface area contributed by atoms with Crippen molar-refractivity contribution in [2.24, 2.45) is 7.05 Å². The van der Waals surface area contributed by atoms with Gasteiger partial charge in [-0.25, -0.2) is 0 Å². The quantitative estimate of drug-likeness (QED) is 0.882. The minimum absolute atomic E-state index is 0.325. The van der Waals surface area contributed by atoms with Crippen LogP contribution in [0.25, 0.3) is 0 Å². The number of pyridine rings is 1. The van der Waals surface area contributed by atoms with Crippen LogP contribution in [-0.4, -0.2) is 26.9 Å². The molecular weight excluding hydrogens is 266 g/mol. The number of rotatable bonds is 5. The monoisotopic (exact) mass is 289 g/mol. The standard InChI is InChI=1S/C15H23N5O/c1-15(2,3)21-14-12(16)5-6-13(19-14)17-9-7-11-8-10-18-20(11)4/h5-6,8,10H,7,9,16H2,1-4H3,(H,17,19). The molecule has 0 aromatic carbocycles. The number of hydrogen-bond donors (Lipinski definition) is 2. The van der Waals surface area contributed by atoms with E-state index in [2.05, 4.69) is 15.4 Å². The van der Waals surface area contributed by atoms with Crippen LogP contribution in [0.4, 0.5) is 11.5 Å². The SMILES string of the molecule is Cn1nccc1CCNc1ccc(N)c(OC(C)(C)C)n1. The minimum atomic E-state index is -0.325. The molecule has 0 radical (unpaired) electrons. The van der Waals surface area contributed by atoms with Crippen LogP contribution in [0.5, 0.6) is 5.88 Å². The van der Waals surface area contributed by atoms with E-state index in [4.69, 9.17) is 10.5 Å². The van der Waals surface area contributed by atoms with E-state index in [1.807, 2.05) is 44.6 Å². The molecule has 114 valence electrons. The normalized spacial score (nSPS) is 11.4. The number of nitrogen functional groups attached to an aromatic ring is 1. The number of nitrogens with one attached hydrogen (secondary N) is 1. The fourth-order valence-corrected chi connectivity index (χ4v) is 1.89. The van der Waals surface area contributed by atoms with E-state index in [-0.39, 0.29) is 5.60 Å². The number of hydrogen-bond acceptors (Lipinski definition) is 5. The summed E-state index contributed by atoms with van der Waals surface area (Å²) in [6.45, 7) is 6.68. The summed E-state index contributed by atoms with van der Waals surface area (Å²) in [7, 11) is 1.94. The molecule has 2 heterocycles. The van der Waals surface area contributed by atoms with Crippen LogP contribution in [-0.2, 0) is 13.5 Å². The minimum Gasteiger partial charge on any atom is -0.470 e. The summed E-state index contributed by atoms with van der Waals surface area (Å²) in [6.07, 6.45) is 2.67. The number of anilines is 2. The number of ether oxygens (including phenoxy) is 1. The molecule has 0 fully saturated rings. The highest BCUT2D eigenvalue weighted by atomic mass is 16.5. The fourth-order valence-electron chi connectivity index (χ4n) is 1.89. The predicted octanol–water partition coefficient (Wildman–Crippen LogP) is 2.23. The molecule has 0 aliphatic carbocycles. The van der Waals surface area contributed by atoms with Crippen LogP contribution < -0.4 is 15.8 Å². The average molecular weight is 289 g/mol. The zero-order valence-corrected chi connectivity index (χ0v) is 13.1. The summed E-state index contributed by atoms with van der Waals surface area (Å²) in [5.74, 6) is 1.22. The maximum atomic E-state index is 5.90. The second kappa shape index (κ2) is 6.03. The summed E-state index contributed by atoms with van der Waals surface area (Å²) in [5, 5.41) is 7.42. The van der Waals surface area contributed by atoms with E-state index in [1.54, 1.807) is 12.3 Å². The first-order chi connectivity index (χ1) is 9.85. The van der Waals surface area contributed by atoms with Crippen LogP contribution in [0.1, 0.15) is 26.5 Å². The number of nitrogens with zero attached hydrogens (tertiary/aromatic N) is 3. The molecule has 0 bridgehead atoms. The van der Waals surface area contributed by atoms with Gasteiger partial charge in [0.25, 0.3) is 0 Å². The van der Waals surface area contributed by atoms with E-state index < -0.39 is 0 Å². The smallest absolute Gasteiger partial charge is 0.239 e. The molecule has 0 aliphatic heterocycles. The Morgan fingerprint density at radius 2 is 2.05 bits per heavy atom. The largest absolute Gasteiger partial charge is 0.470 e. The number of nitrogens with two attached hydrogens (primary N) is 1. The molecular formula is C15H23N5O. The second-order valence-electron chi connectivity index (χ2n) is 5.93. The van der Waals surface area contributed by atoms with Gasteiger partial charge in [-0.2, -0.15) is 10.1 Å². The lowest BCUT2D eigenvalue weighted by atomic mass is 10.2. The third kappa shape index (κ3) is 4.37. The van der Waals surface area contributed by atoms with Gasteiger partial charge in [-0.15, -0.1) is 0 Å². The van der Waals surface area contributed by atoms with Crippen molar-refractivity contribution in [3.8, 4) is 5.88 Å². The Hall–Kier alpha value is -2.24. The highest BCUT2D eigenvalue weighted by Crippen LogP contribution is 2.24. The van der Waals surface area contributed by atoms with Crippen molar-refractivity contribution in [1.29, 1.82) is 0 Å². The molecule has 2 aromatic heterocycles. The Morgan fingerprint density at radius 1 is 1.29 bits per heavy atom. The molecule has 21 heavy (non-hydrogen) atoms. The Kier molecular flexibility index (Phi) is 4.35. The fraction of sp³-hybridized carbons (Fsp3) is 0.467. The van der Waals surface area contributed by atoms with Gasteiger partial charge in [-0.1, -0.05) is 0 Å². The van der Waals surface area contributed by atoms with E-state index in [1.165, 1.54) is 5.69 Å². The van der Waals surface area contributed by atoms with Crippen LogP contribution >= 0.6 is 0 Å². The van der Waals surface area contributed by atoms with Crippen LogP contribution in [0.15, 0.2) is 24.4 Å². The summed E-state index contributed by atoms with van der Waals surface area (Å²) >= 11 is 0. The van der Waals surface area contributed by atoms with Crippen molar-refractivity contribution in [1.82, 2.24) is 14.8 Å². The van der Waals surface area contributed by atoms with Crippen LogP contribution in [0, 0.1) is 0 Å². The first-order valence-electron chi connectivity index (χ1n) is 7.01. The van der Waals surface area contributed by atoms with Crippen molar-refractivity contribution in [3.63, 3.8) is 0 Å². The molecule has 2 rings (SSSR count). The van der Waals surface area contributed by atoms with Gasteiger partial charge in [0.2, 0.25) is 5.88 Å². The van der Waals surface area contributed by atoms with Gasteiger partial charge in [0.1, 0.15) is 11.4 Å². The number of aryl methyl sites for hydroxylation is 1. The van der Waals surface area contributed by atoms with Gasteiger partial charge in [-0.3, -0.25) is 4.68 Å². The second-order valence-corrected chi connectivity index (χ2v) is 5.93. The molecule has 0 saturated heterocycles. The summed E-state index contributed by atoms with van der Waals surface area (Å²) in [5.41, 5.74) is 7.28. The highest BCUT2D eigenvalue weighted by molar-refractivity contribution is 5.53. The molecule has 0 atom stereocenters. The van der Waals surface area contributed by atoms with Crippen LogP contribution in [0.3, 0.4) is 0 Å². The summed E-state index contributed by atoms with van der Waals surface area (Å²) < 4.78 is 7.62. The Labute approximate surface area is 125 Å². The van der Waals surface area contributed by atoms with Gasteiger partial charge < -0.3 is 15.8 Å². The number of aromatic nitrogens is 3. The maximum absolute atomic E-state index is 5.90. The lowest BCUT2D eigenvalue weighted by Gasteiger charge is -2.21. The molecule has 0 saturated carbocycles. The zero-order chi connectivity index (χ0) is 15.5. The third-order valence-corrected chi connectivity index (χ3v) is 2.90. The molecule has 6 heteroatoms. The Bertz CT molecular complexity index is 600. The van der Waals surface area contributed by atoms with Crippen molar-refractivity contribution in [3.05, 3.63) is 30.1 Å². The Balaban J connectivity index is 1.97. The van der Waals surface area contributed by atoms with E-state index in [9.17, 15) is 0 Å². The van der Waals surface area contributed by atoms with Gasteiger partial charge >= 0.3 is 0 Å². The molecule has 0 aliphatic rings. The van der Waals surface area contributed by atoms with Crippen molar-refractivity contribution in [2.45, 2.75) is 32.8 Å². The molecule has 0 amide bonds. The molecule has 0 unspecified atom stereocenters. The summed E-state index contributed by atoms with van der Waals surface area (Å²) in [6, 6.07) is 5.67. The molecule has 3 N–H and O–H groups in total. The van der Waals surface area contributed by atoms with Gasteiger partial charge in [0.15, 0.2) is 0 Å². The average Bonchev–Trinajstić information content (AvgIpc) is 2.77. The van der Waals surface area contributed by atoms with E-state index in [0.29, 0.717) is 11.6 Å². The van der Waals surface area contributed by atoms with Crippen LogP contribution in [0.2, 0.25) is 0 Å². The first-order valence-corrected chi connectivity index (χ1v) is 7.01. The lowest BCUT2D eigenvalue weighted by molar-refractivity contribution is 0.125.